The van der Waals surface area contributed by atoms with Crippen LogP contribution in [0, 0.1) is 23.2 Å². The fourth-order valence-electron chi connectivity index (χ4n) is 4.56. The van der Waals surface area contributed by atoms with Crippen LogP contribution in [0.25, 0.3) is 0 Å². The molecule has 3 aliphatic heterocycles. The average molecular weight is 461 g/mol. The zero-order valence-corrected chi connectivity index (χ0v) is 18.7. The van der Waals surface area contributed by atoms with Crippen LogP contribution in [0.5, 0.6) is 0 Å². The van der Waals surface area contributed by atoms with Gasteiger partial charge < -0.3 is 9.64 Å². The molecule has 0 radical (unpaired) electrons. The molecule has 3 fully saturated rings. The summed E-state index contributed by atoms with van der Waals surface area (Å²) in [5.41, 5.74) is 0.884. The smallest absolute Gasteiger partial charge is 0.329 e. The molecule has 3 heterocycles. The molecule has 0 aromatic heterocycles. The third-order valence-electron chi connectivity index (χ3n) is 6.45. The molecular formula is C22H28N4O5S. The van der Waals surface area contributed by atoms with Crippen LogP contribution in [0.2, 0.25) is 0 Å². The highest BCUT2D eigenvalue weighted by molar-refractivity contribution is 7.86. The second kappa shape index (κ2) is 9.57. The Morgan fingerprint density at radius 2 is 1.75 bits per heavy atom. The van der Waals surface area contributed by atoms with E-state index in [1.54, 1.807) is 4.90 Å². The van der Waals surface area contributed by atoms with Crippen molar-refractivity contribution in [2.45, 2.75) is 38.3 Å². The summed E-state index contributed by atoms with van der Waals surface area (Å²) in [6.45, 7) is 1.51. The number of esters is 1. The van der Waals surface area contributed by atoms with Gasteiger partial charge in [-0.05, 0) is 31.2 Å². The summed E-state index contributed by atoms with van der Waals surface area (Å²) in [4.78, 5) is 27.5. The number of piperidine rings is 1. The van der Waals surface area contributed by atoms with Crippen molar-refractivity contribution in [3.05, 3.63) is 35.9 Å². The summed E-state index contributed by atoms with van der Waals surface area (Å²) in [6.07, 6.45) is 2.45. The van der Waals surface area contributed by atoms with E-state index >= 15 is 0 Å². The first-order chi connectivity index (χ1) is 15.4. The monoisotopic (exact) mass is 460 g/mol. The molecule has 0 spiro atoms. The summed E-state index contributed by atoms with van der Waals surface area (Å²) in [5, 5.41) is 8.92. The maximum Gasteiger partial charge on any atom is 0.329 e. The van der Waals surface area contributed by atoms with E-state index in [1.807, 2.05) is 30.3 Å². The number of rotatable bonds is 6. The maximum atomic E-state index is 13.3. The van der Waals surface area contributed by atoms with E-state index in [0.29, 0.717) is 32.4 Å². The minimum atomic E-state index is -3.67. The largest absolute Gasteiger partial charge is 0.459 e. The Kier molecular flexibility index (Phi) is 6.79. The zero-order chi connectivity index (χ0) is 22.7. The lowest BCUT2D eigenvalue weighted by atomic mass is 9.97. The number of hydrogen-bond donors (Lipinski definition) is 0. The van der Waals surface area contributed by atoms with Gasteiger partial charge in [0.15, 0.2) is 0 Å². The molecule has 172 valence electrons. The van der Waals surface area contributed by atoms with Crippen LogP contribution in [0.1, 0.15) is 31.2 Å². The molecule has 9 nitrogen and oxygen atoms in total. The normalized spacial score (nSPS) is 25.2. The summed E-state index contributed by atoms with van der Waals surface area (Å²) in [5.74, 6) is -1.33. The highest BCUT2D eigenvalue weighted by atomic mass is 32.2. The number of hydrogen-bond acceptors (Lipinski definition) is 6. The van der Waals surface area contributed by atoms with Crippen LogP contribution >= 0.6 is 0 Å². The second-order valence-electron chi connectivity index (χ2n) is 8.63. The first kappa shape index (κ1) is 22.7. The van der Waals surface area contributed by atoms with E-state index in [1.165, 1.54) is 8.61 Å². The molecule has 0 saturated carbocycles. The summed E-state index contributed by atoms with van der Waals surface area (Å²) < 4.78 is 33.8. The lowest BCUT2D eigenvalue weighted by Gasteiger charge is -2.41. The molecule has 0 bridgehead atoms. The fraction of sp³-hybridized carbons (Fsp3) is 0.591. The molecule has 0 unspecified atom stereocenters. The van der Waals surface area contributed by atoms with Gasteiger partial charge in [0.1, 0.15) is 12.6 Å². The molecule has 32 heavy (non-hydrogen) atoms. The third-order valence-corrected chi connectivity index (χ3v) is 8.38. The Morgan fingerprint density at radius 3 is 2.47 bits per heavy atom. The lowest BCUT2D eigenvalue weighted by molar-refractivity contribution is -0.156. The van der Waals surface area contributed by atoms with Gasteiger partial charge in [-0.25, -0.2) is 4.79 Å². The Morgan fingerprint density at radius 1 is 1.03 bits per heavy atom. The van der Waals surface area contributed by atoms with Crippen molar-refractivity contribution in [2.24, 2.45) is 11.8 Å². The van der Waals surface area contributed by atoms with Crippen molar-refractivity contribution in [2.75, 3.05) is 32.7 Å². The van der Waals surface area contributed by atoms with E-state index < -0.39 is 28.1 Å². The number of ether oxygens (including phenoxy) is 1. The van der Waals surface area contributed by atoms with Crippen LogP contribution in [-0.2, 0) is 31.1 Å². The SMILES string of the molecule is N#CC1CN(S(=O)(=O)N2CCC[C@H](C(=O)N3CCC[C@@H]3C(=O)OCc3ccccc3)C2)C1. The average Bonchev–Trinajstić information content (AvgIpc) is 3.27. The number of benzene rings is 1. The van der Waals surface area contributed by atoms with E-state index in [9.17, 15) is 18.0 Å². The van der Waals surface area contributed by atoms with E-state index in [0.717, 1.165) is 12.0 Å². The van der Waals surface area contributed by atoms with Gasteiger partial charge in [-0.3, -0.25) is 4.79 Å². The quantitative estimate of drug-likeness (QED) is 0.589. The van der Waals surface area contributed by atoms with Crippen LogP contribution in [0.15, 0.2) is 30.3 Å². The molecule has 10 heteroatoms. The van der Waals surface area contributed by atoms with Crippen molar-refractivity contribution in [3.63, 3.8) is 0 Å². The van der Waals surface area contributed by atoms with Gasteiger partial charge in [-0.1, -0.05) is 30.3 Å². The molecule has 1 amide bonds. The van der Waals surface area contributed by atoms with E-state index in [4.69, 9.17) is 10.00 Å². The third kappa shape index (κ3) is 4.65. The number of carbonyl (C=O) groups is 2. The van der Waals surface area contributed by atoms with Crippen LogP contribution in [0.3, 0.4) is 0 Å². The van der Waals surface area contributed by atoms with Gasteiger partial charge in [-0.2, -0.15) is 22.3 Å². The van der Waals surface area contributed by atoms with Crippen molar-refractivity contribution in [3.8, 4) is 6.07 Å². The zero-order valence-electron chi connectivity index (χ0n) is 17.9. The molecule has 1 aromatic rings. The van der Waals surface area contributed by atoms with Gasteiger partial charge in [-0.15, -0.1) is 0 Å². The van der Waals surface area contributed by atoms with E-state index in [2.05, 4.69) is 6.07 Å². The Labute approximate surface area is 188 Å². The minimum Gasteiger partial charge on any atom is -0.459 e. The first-order valence-electron chi connectivity index (χ1n) is 11.1. The number of likely N-dealkylation sites (tertiary alicyclic amines) is 1. The van der Waals surface area contributed by atoms with Crippen molar-refractivity contribution in [1.29, 1.82) is 5.26 Å². The topological polar surface area (TPSA) is 111 Å². The van der Waals surface area contributed by atoms with Crippen molar-refractivity contribution in [1.82, 2.24) is 13.5 Å². The van der Waals surface area contributed by atoms with Gasteiger partial charge in [0.2, 0.25) is 5.91 Å². The first-order valence-corrected chi connectivity index (χ1v) is 12.5. The maximum absolute atomic E-state index is 13.3. The van der Waals surface area contributed by atoms with E-state index in [-0.39, 0.29) is 38.1 Å². The predicted octanol–water partition coefficient (Wildman–Crippen LogP) is 1.13. The summed E-state index contributed by atoms with van der Waals surface area (Å²) in [6, 6.07) is 10.8. The highest BCUT2D eigenvalue weighted by Crippen LogP contribution is 2.29. The van der Waals surface area contributed by atoms with Gasteiger partial charge in [0.25, 0.3) is 10.2 Å². The minimum absolute atomic E-state index is 0.108. The van der Waals surface area contributed by atoms with Crippen LogP contribution in [-0.4, -0.2) is 72.6 Å². The molecule has 2 atom stereocenters. The van der Waals surface area contributed by atoms with Crippen LogP contribution in [0.4, 0.5) is 0 Å². The van der Waals surface area contributed by atoms with Crippen LogP contribution < -0.4 is 0 Å². The molecule has 0 N–H and O–H groups in total. The highest BCUT2D eigenvalue weighted by Gasteiger charge is 2.44. The van der Waals surface area contributed by atoms with Gasteiger partial charge >= 0.3 is 5.97 Å². The molecule has 3 saturated heterocycles. The standard InChI is InChI=1S/C22H28N4O5S/c23-12-18-13-25(14-18)32(29,30)24-10-4-8-19(15-24)21(27)26-11-5-9-20(26)22(28)31-16-17-6-2-1-3-7-17/h1-3,6-7,18-20H,4-5,8-11,13-16H2/t19-,20+/m0/s1. The lowest BCUT2D eigenvalue weighted by Crippen LogP contribution is -2.57. The number of amides is 1. The van der Waals surface area contributed by atoms with Crippen molar-refractivity contribution < 1.29 is 22.7 Å². The Bertz CT molecular complexity index is 987. The number of nitriles is 1. The second-order valence-corrected chi connectivity index (χ2v) is 10.6. The Hall–Kier alpha value is -2.48. The van der Waals surface area contributed by atoms with Gasteiger partial charge in [0.05, 0.1) is 17.9 Å². The molecular weight excluding hydrogens is 432 g/mol. The number of carbonyl (C=O) groups excluding carboxylic acids is 2. The van der Waals surface area contributed by atoms with Gasteiger partial charge in [0, 0.05) is 32.7 Å². The fourth-order valence-corrected chi connectivity index (χ4v) is 6.35. The molecule has 1 aromatic carbocycles. The van der Waals surface area contributed by atoms with Crippen molar-refractivity contribution >= 4 is 22.1 Å². The Balaban J connectivity index is 1.36. The predicted molar refractivity (Wildman–Crippen MR) is 115 cm³/mol. The summed E-state index contributed by atoms with van der Waals surface area (Å²) in [7, 11) is -3.67. The molecule has 3 aliphatic rings. The molecule has 0 aliphatic carbocycles. The molecule has 4 rings (SSSR count). The number of nitrogens with zero attached hydrogens (tertiary/aromatic N) is 4. The summed E-state index contributed by atoms with van der Waals surface area (Å²) >= 11 is 0.